The van der Waals surface area contributed by atoms with Gasteiger partial charge in [0.2, 0.25) is 0 Å². The molecule has 0 radical (unpaired) electrons. The number of aliphatic hydroxyl groups is 1. The molecule has 4 heteroatoms. The minimum absolute atomic E-state index is 0.496. The normalized spacial score (nSPS) is 12.2. The highest BCUT2D eigenvalue weighted by molar-refractivity contribution is 7.07. The molecule has 0 fully saturated rings. The molecule has 1 aromatic carbocycles. The molecule has 3 nitrogen and oxygen atoms in total. The maximum absolute atomic E-state index is 9.71. The molecular formula is C14H16O3S. The summed E-state index contributed by atoms with van der Waals surface area (Å²) in [5, 5.41) is 13.8. The summed E-state index contributed by atoms with van der Waals surface area (Å²) in [7, 11) is 1.61. The van der Waals surface area contributed by atoms with Crippen LogP contribution in [0.3, 0.4) is 0 Å². The van der Waals surface area contributed by atoms with E-state index in [1.54, 1.807) is 31.4 Å². The van der Waals surface area contributed by atoms with Crippen LogP contribution in [0.4, 0.5) is 0 Å². The second-order valence-electron chi connectivity index (χ2n) is 4.00. The molecule has 2 rings (SSSR count). The lowest BCUT2D eigenvalue weighted by molar-refractivity contribution is 0.190. The van der Waals surface area contributed by atoms with Crippen LogP contribution >= 0.6 is 11.3 Å². The fraction of sp³-hybridized carbons (Fsp3) is 0.286. The monoisotopic (exact) mass is 264 g/mol. The molecule has 0 aliphatic heterocycles. The van der Waals surface area contributed by atoms with E-state index in [0.717, 1.165) is 16.9 Å². The van der Waals surface area contributed by atoms with E-state index in [1.165, 1.54) is 0 Å². The molecule has 0 aliphatic rings. The third-order valence-electron chi connectivity index (χ3n) is 2.65. The van der Waals surface area contributed by atoms with Crippen LogP contribution in [-0.4, -0.2) is 12.2 Å². The van der Waals surface area contributed by atoms with Crippen molar-refractivity contribution in [2.24, 2.45) is 0 Å². The molecule has 0 unspecified atom stereocenters. The molecule has 0 bridgehead atoms. The molecule has 1 atom stereocenters. The van der Waals surface area contributed by atoms with E-state index < -0.39 is 6.10 Å². The average molecular weight is 264 g/mol. The molecular weight excluding hydrogens is 248 g/mol. The van der Waals surface area contributed by atoms with Gasteiger partial charge in [0.05, 0.1) is 13.2 Å². The Bertz CT molecular complexity index is 492. The minimum atomic E-state index is -0.562. The molecule has 0 aliphatic carbocycles. The van der Waals surface area contributed by atoms with Gasteiger partial charge in [-0.3, -0.25) is 0 Å². The van der Waals surface area contributed by atoms with Gasteiger partial charge >= 0.3 is 0 Å². The van der Waals surface area contributed by atoms with Gasteiger partial charge in [-0.1, -0.05) is 0 Å². The number of thiophene rings is 1. The molecule has 18 heavy (non-hydrogen) atoms. The highest BCUT2D eigenvalue weighted by atomic mass is 32.1. The van der Waals surface area contributed by atoms with Crippen molar-refractivity contribution in [2.75, 3.05) is 7.11 Å². The lowest BCUT2D eigenvalue weighted by Crippen LogP contribution is -2.01. The summed E-state index contributed by atoms with van der Waals surface area (Å²) in [5.41, 5.74) is 1.89. The lowest BCUT2D eigenvalue weighted by atomic mass is 10.1. The zero-order valence-corrected chi connectivity index (χ0v) is 11.2. The van der Waals surface area contributed by atoms with Crippen molar-refractivity contribution in [1.82, 2.24) is 0 Å². The Balaban J connectivity index is 2.18. The number of hydrogen-bond acceptors (Lipinski definition) is 4. The Labute approximate surface area is 111 Å². The molecule has 2 aromatic rings. The van der Waals surface area contributed by atoms with E-state index in [2.05, 4.69) is 0 Å². The average Bonchev–Trinajstić information content (AvgIpc) is 2.88. The second-order valence-corrected chi connectivity index (χ2v) is 4.78. The van der Waals surface area contributed by atoms with E-state index in [1.807, 2.05) is 29.0 Å². The van der Waals surface area contributed by atoms with Crippen molar-refractivity contribution in [3.63, 3.8) is 0 Å². The fourth-order valence-electron chi connectivity index (χ4n) is 1.65. The number of methoxy groups -OCH3 is 1. The number of hydrogen-bond donors (Lipinski definition) is 1. The maximum atomic E-state index is 9.71. The first kappa shape index (κ1) is 12.9. The molecule has 0 amide bonds. The highest BCUT2D eigenvalue weighted by Gasteiger charge is 2.10. The highest BCUT2D eigenvalue weighted by Crippen LogP contribution is 2.30. The van der Waals surface area contributed by atoms with E-state index >= 15 is 0 Å². The number of rotatable bonds is 5. The second kappa shape index (κ2) is 5.89. The smallest absolute Gasteiger partial charge is 0.129 e. The van der Waals surface area contributed by atoms with E-state index in [4.69, 9.17) is 9.47 Å². The van der Waals surface area contributed by atoms with Crippen LogP contribution in [0.5, 0.6) is 11.5 Å². The zero-order valence-electron chi connectivity index (χ0n) is 10.4. The number of benzene rings is 1. The Kier molecular flexibility index (Phi) is 4.23. The van der Waals surface area contributed by atoms with Crippen LogP contribution in [0.25, 0.3) is 0 Å². The van der Waals surface area contributed by atoms with Crippen LogP contribution in [0.1, 0.15) is 24.2 Å². The van der Waals surface area contributed by atoms with E-state index in [0.29, 0.717) is 12.4 Å². The van der Waals surface area contributed by atoms with Crippen LogP contribution in [-0.2, 0) is 6.61 Å². The van der Waals surface area contributed by atoms with Crippen LogP contribution in [0, 0.1) is 0 Å². The largest absolute Gasteiger partial charge is 0.497 e. The summed E-state index contributed by atoms with van der Waals surface area (Å²) in [6, 6.07) is 7.47. The van der Waals surface area contributed by atoms with E-state index in [9.17, 15) is 5.11 Å². The quantitative estimate of drug-likeness (QED) is 0.899. The fourth-order valence-corrected chi connectivity index (χ4v) is 2.30. The molecule has 96 valence electrons. The van der Waals surface area contributed by atoms with Crippen molar-refractivity contribution >= 4 is 11.3 Å². The Morgan fingerprint density at radius 3 is 2.78 bits per heavy atom. The van der Waals surface area contributed by atoms with Crippen molar-refractivity contribution < 1.29 is 14.6 Å². The maximum Gasteiger partial charge on any atom is 0.129 e. The Morgan fingerprint density at radius 2 is 2.17 bits per heavy atom. The Hall–Kier alpha value is -1.52. The standard InChI is InChI=1S/C14H16O3S/c1-10(15)13-4-3-12(16-2)7-14(13)17-8-11-5-6-18-9-11/h3-7,9-10,15H,8H2,1-2H3/t10-/m0/s1. The first-order chi connectivity index (χ1) is 8.70. The summed E-state index contributed by atoms with van der Waals surface area (Å²) in [5.74, 6) is 1.38. The van der Waals surface area contributed by atoms with Crippen LogP contribution in [0.2, 0.25) is 0 Å². The van der Waals surface area contributed by atoms with Gasteiger partial charge in [0.25, 0.3) is 0 Å². The SMILES string of the molecule is COc1ccc([C@H](C)O)c(OCc2ccsc2)c1. The summed E-state index contributed by atoms with van der Waals surface area (Å²) >= 11 is 1.64. The zero-order chi connectivity index (χ0) is 13.0. The predicted molar refractivity (Wildman–Crippen MR) is 72.3 cm³/mol. The van der Waals surface area contributed by atoms with Gasteiger partial charge in [-0.25, -0.2) is 0 Å². The molecule has 0 spiro atoms. The van der Waals surface area contributed by atoms with Gasteiger partial charge in [-0.05, 0) is 41.4 Å². The number of ether oxygens (including phenoxy) is 2. The third-order valence-corrected chi connectivity index (χ3v) is 3.38. The molecule has 0 saturated heterocycles. The van der Waals surface area contributed by atoms with E-state index in [-0.39, 0.29) is 0 Å². The first-order valence-electron chi connectivity index (χ1n) is 5.70. The summed E-state index contributed by atoms with van der Waals surface area (Å²) in [6.07, 6.45) is -0.562. The van der Waals surface area contributed by atoms with Crippen molar-refractivity contribution in [1.29, 1.82) is 0 Å². The first-order valence-corrected chi connectivity index (χ1v) is 6.65. The summed E-state index contributed by atoms with van der Waals surface area (Å²) in [6.45, 7) is 2.22. The lowest BCUT2D eigenvalue weighted by Gasteiger charge is -2.14. The van der Waals surface area contributed by atoms with Crippen molar-refractivity contribution in [3.05, 3.63) is 46.2 Å². The molecule has 0 saturated carbocycles. The van der Waals surface area contributed by atoms with Gasteiger partial charge in [0.1, 0.15) is 18.1 Å². The molecule has 1 N–H and O–H groups in total. The summed E-state index contributed by atoms with van der Waals surface area (Å²) < 4.78 is 10.9. The summed E-state index contributed by atoms with van der Waals surface area (Å²) in [4.78, 5) is 0. The van der Waals surface area contributed by atoms with Gasteiger partial charge < -0.3 is 14.6 Å². The number of aliphatic hydroxyl groups excluding tert-OH is 1. The third kappa shape index (κ3) is 3.03. The van der Waals surface area contributed by atoms with Crippen LogP contribution in [0.15, 0.2) is 35.0 Å². The van der Waals surface area contributed by atoms with Gasteiger partial charge in [0, 0.05) is 11.6 Å². The van der Waals surface area contributed by atoms with Gasteiger partial charge in [0.15, 0.2) is 0 Å². The topological polar surface area (TPSA) is 38.7 Å². The van der Waals surface area contributed by atoms with Crippen molar-refractivity contribution in [2.45, 2.75) is 19.6 Å². The van der Waals surface area contributed by atoms with Crippen molar-refractivity contribution in [3.8, 4) is 11.5 Å². The van der Waals surface area contributed by atoms with Gasteiger partial charge in [-0.15, -0.1) is 0 Å². The Morgan fingerprint density at radius 1 is 1.33 bits per heavy atom. The minimum Gasteiger partial charge on any atom is -0.497 e. The molecule has 1 aromatic heterocycles. The predicted octanol–water partition coefficient (Wildman–Crippen LogP) is 3.39. The van der Waals surface area contributed by atoms with Gasteiger partial charge in [-0.2, -0.15) is 11.3 Å². The molecule has 1 heterocycles. The van der Waals surface area contributed by atoms with Crippen LogP contribution < -0.4 is 9.47 Å².